The largest absolute Gasteiger partial charge is 0.309 e. The van der Waals surface area contributed by atoms with Crippen molar-refractivity contribution in [1.29, 1.82) is 0 Å². The lowest BCUT2D eigenvalue weighted by Gasteiger charge is -2.07. The molecule has 0 radical (unpaired) electrons. The van der Waals surface area contributed by atoms with Crippen molar-refractivity contribution in [3.63, 3.8) is 0 Å². The number of fused-ring (bicyclic) bond motifs is 8. The predicted molar refractivity (Wildman–Crippen MR) is 212 cm³/mol. The van der Waals surface area contributed by atoms with Crippen molar-refractivity contribution < 1.29 is 0 Å². The summed E-state index contributed by atoms with van der Waals surface area (Å²) in [5.41, 5.74) is 11.4. The van der Waals surface area contributed by atoms with Crippen LogP contribution in [-0.4, -0.2) is 19.1 Å². The van der Waals surface area contributed by atoms with Crippen molar-refractivity contribution in [3.05, 3.63) is 158 Å². The number of thiazole rings is 2. The molecule has 0 atom stereocenters. The van der Waals surface area contributed by atoms with E-state index < -0.39 is 0 Å². The van der Waals surface area contributed by atoms with Crippen LogP contribution in [0.5, 0.6) is 0 Å². The molecule has 0 N–H and O–H groups in total. The monoisotopic (exact) mass is 674 g/mol. The quantitative estimate of drug-likeness (QED) is 0.186. The summed E-state index contributed by atoms with van der Waals surface area (Å²) < 4.78 is 7.00. The average molecular weight is 675 g/mol. The van der Waals surface area contributed by atoms with Gasteiger partial charge in [-0.3, -0.25) is 0 Å². The van der Waals surface area contributed by atoms with Gasteiger partial charge in [0, 0.05) is 44.0 Å². The summed E-state index contributed by atoms with van der Waals surface area (Å²) >= 11 is 3.47. The molecule has 234 valence electrons. The highest BCUT2D eigenvalue weighted by atomic mass is 32.1. The molecule has 4 nitrogen and oxygen atoms in total. The Labute approximate surface area is 294 Å². The van der Waals surface area contributed by atoms with Crippen LogP contribution >= 0.6 is 22.7 Å². The molecule has 50 heavy (non-hydrogen) atoms. The van der Waals surface area contributed by atoms with E-state index in [0.29, 0.717) is 0 Å². The summed E-state index contributed by atoms with van der Waals surface area (Å²) in [5.74, 6) is 0. The fourth-order valence-electron chi connectivity index (χ4n) is 7.52. The molecule has 11 aromatic rings. The lowest BCUT2D eigenvalue weighted by atomic mass is 10.1. The number of hydrogen-bond acceptors (Lipinski definition) is 4. The molecule has 7 aromatic carbocycles. The van der Waals surface area contributed by atoms with E-state index in [-0.39, 0.29) is 0 Å². The van der Waals surface area contributed by atoms with Gasteiger partial charge >= 0.3 is 0 Å². The van der Waals surface area contributed by atoms with E-state index in [2.05, 4.69) is 167 Å². The van der Waals surface area contributed by atoms with Gasteiger partial charge in [0.2, 0.25) is 0 Å². The summed E-state index contributed by atoms with van der Waals surface area (Å²) in [6, 6.07) is 56.4. The minimum atomic E-state index is 1.01. The molecule has 11 rings (SSSR count). The third-order valence-electron chi connectivity index (χ3n) is 9.77. The molecule has 6 heteroatoms. The van der Waals surface area contributed by atoms with Crippen molar-refractivity contribution in [2.45, 2.75) is 0 Å². The Morgan fingerprint density at radius 3 is 1.22 bits per heavy atom. The van der Waals surface area contributed by atoms with Crippen molar-refractivity contribution in [1.82, 2.24) is 19.1 Å². The van der Waals surface area contributed by atoms with E-state index in [9.17, 15) is 0 Å². The highest BCUT2D eigenvalue weighted by Crippen LogP contribution is 2.41. The minimum Gasteiger partial charge on any atom is -0.309 e. The van der Waals surface area contributed by atoms with Gasteiger partial charge in [-0.05, 0) is 84.9 Å². The molecule has 0 fully saturated rings. The average Bonchev–Trinajstić information content (AvgIpc) is 3.94. The molecule has 0 unspecified atom stereocenters. The van der Waals surface area contributed by atoms with E-state index in [1.807, 2.05) is 0 Å². The first kappa shape index (κ1) is 27.8. The van der Waals surface area contributed by atoms with Crippen LogP contribution < -0.4 is 0 Å². The molecule has 4 aromatic heterocycles. The summed E-state index contributed by atoms with van der Waals surface area (Å²) in [5, 5.41) is 7.01. The third kappa shape index (κ3) is 4.16. The van der Waals surface area contributed by atoms with E-state index in [1.54, 1.807) is 22.7 Å². The Morgan fingerprint density at radius 2 is 0.760 bits per heavy atom. The van der Waals surface area contributed by atoms with Crippen molar-refractivity contribution in [2.24, 2.45) is 0 Å². The Kier molecular flexibility index (Phi) is 5.96. The zero-order valence-corrected chi connectivity index (χ0v) is 28.2. The van der Waals surface area contributed by atoms with E-state index >= 15 is 0 Å². The Hall–Kier alpha value is -6.08. The molecule has 0 aliphatic rings. The molecular formula is C44H26N4S2. The van der Waals surface area contributed by atoms with Gasteiger partial charge < -0.3 is 9.13 Å². The van der Waals surface area contributed by atoms with Crippen molar-refractivity contribution in [3.8, 4) is 32.5 Å². The van der Waals surface area contributed by atoms with Gasteiger partial charge in [0.1, 0.15) is 10.0 Å². The highest BCUT2D eigenvalue weighted by Gasteiger charge is 2.17. The van der Waals surface area contributed by atoms with Gasteiger partial charge in [-0.15, -0.1) is 22.7 Å². The lowest BCUT2D eigenvalue weighted by molar-refractivity contribution is 1.18. The number of aromatic nitrogens is 4. The van der Waals surface area contributed by atoms with Crippen LogP contribution in [0.4, 0.5) is 0 Å². The molecule has 4 heterocycles. The number of para-hydroxylation sites is 4. The van der Waals surface area contributed by atoms with Crippen molar-refractivity contribution >= 4 is 86.7 Å². The smallest absolute Gasteiger partial charge is 0.124 e. The predicted octanol–water partition coefficient (Wildman–Crippen LogP) is 12.4. The fraction of sp³-hybridized carbons (Fsp3) is 0. The zero-order valence-electron chi connectivity index (χ0n) is 26.6. The number of rotatable bonds is 4. The summed E-state index contributed by atoms with van der Waals surface area (Å²) in [4.78, 5) is 10.3. The van der Waals surface area contributed by atoms with E-state index in [1.165, 1.54) is 43.6 Å². The summed E-state index contributed by atoms with van der Waals surface area (Å²) in [6.45, 7) is 0. The standard InChI is InChI=1S/C44H26N4S2/c1-3-11-29(12-4-1)47-37-17-9-7-15-31(37)33-23-27(19-21-39(33)47)43-45-35-25-42-36(26-41(35)49-43)46-44(50-42)28-20-22-40-34(24-28)32-16-8-10-18-38(32)48(40)30-13-5-2-6-14-30/h1-26H. The molecule has 0 aliphatic heterocycles. The highest BCUT2D eigenvalue weighted by molar-refractivity contribution is 7.23. The van der Waals surface area contributed by atoms with Crippen LogP contribution in [-0.2, 0) is 0 Å². The van der Waals surface area contributed by atoms with Crippen LogP contribution in [0, 0.1) is 0 Å². The van der Waals surface area contributed by atoms with Gasteiger partial charge in [0.05, 0.1) is 42.5 Å². The lowest BCUT2D eigenvalue weighted by Crippen LogP contribution is -1.92. The van der Waals surface area contributed by atoms with E-state index in [4.69, 9.17) is 9.97 Å². The second kappa shape index (κ2) is 10.7. The van der Waals surface area contributed by atoms with Gasteiger partial charge in [-0.25, -0.2) is 9.97 Å². The maximum atomic E-state index is 5.16. The van der Waals surface area contributed by atoms with Crippen LogP contribution in [0.2, 0.25) is 0 Å². The third-order valence-corrected chi connectivity index (χ3v) is 11.9. The summed E-state index contributed by atoms with van der Waals surface area (Å²) in [7, 11) is 0. The fourth-order valence-corrected chi connectivity index (χ4v) is 9.47. The molecule has 0 saturated heterocycles. The zero-order chi connectivity index (χ0) is 32.8. The molecule has 0 amide bonds. The van der Waals surface area contributed by atoms with Crippen LogP contribution in [0.15, 0.2) is 158 Å². The molecule has 0 aliphatic carbocycles. The normalized spacial score (nSPS) is 12.0. The molecule has 0 spiro atoms. The van der Waals surface area contributed by atoms with Crippen LogP contribution in [0.1, 0.15) is 0 Å². The maximum Gasteiger partial charge on any atom is 0.124 e. The Morgan fingerprint density at radius 1 is 0.360 bits per heavy atom. The second-order valence-corrected chi connectivity index (χ2v) is 14.7. The van der Waals surface area contributed by atoms with Gasteiger partial charge in [-0.1, -0.05) is 72.8 Å². The maximum absolute atomic E-state index is 5.16. The van der Waals surface area contributed by atoms with E-state index in [0.717, 1.165) is 53.0 Å². The topological polar surface area (TPSA) is 35.6 Å². The SMILES string of the molecule is c1ccc(-n2c3ccccc3c3cc(-c4nc5cc6sc(-c7ccc8c(c7)c7ccccc7n8-c7ccccc7)nc6cc5s4)ccc32)cc1. The Balaban J connectivity index is 0.996. The van der Waals surface area contributed by atoms with Gasteiger partial charge in [0.15, 0.2) is 0 Å². The molecular weight excluding hydrogens is 649 g/mol. The first-order valence-electron chi connectivity index (χ1n) is 16.7. The first-order chi connectivity index (χ1) is 24.8. The van der Waals surface area contributed by atoms with Gasteiger partial charge in [-0.2, -0.15) is 0 Å². The number of nitrogens with zero attached hydrogens (tertiary/aromatic N) is 4. The molecule has 0 bridgehead atoms. The summed E-state index contributed by atoms with van der Waals surface area (Å²) in [6.07, 6.45) is 0. The second-order valence-electron chi connectivity index (χ2n) is 12.7. The minimum absolute atomic E-state index is 1.01. The van der Waals surface area contributed by atoms with Crippen molar-refractivity contribution in [2.75, 3.05) is 0 Å². The number of hydrogen-bond donors (Lipinski definition) is 0. The Bertz CT molecular complexity index is 2830. The van der Waals surface area contributed by atoms with Gasteiger partial charge in [0.25, 0.3) is 0 Å². The van der Waals surface area contributed by atoms with Crippen LogP contribution in [0.25, 0.3) is 96.6 Å². The number of benzene rings is 7. The molecule has 0 saturated carbocycles. The first-order valence-corrected chi connectivity index (χ1v) is 18.3. The van der Waals surface area contributed by atoms with Crippen LogP contribution in [0.3, 0.4) is 0 Å².